The van der Waals surface area contributed by atoms with Gasteiger partial charge >= 0.3 is 0 Å². The number of thiophene rings is 1. The molecule has 1 saturated heterocycles. The average molecular weight is 468 g/mol. The van der Waals surface area contributed by atoms with Gasteiger partial charge in [0, 0.05) is 19.5 Å². The Hall–Kier alpha value is -2.87. The van der Waals surface area contributed by atoms with Gasteiger partial charge in [-0.2, -0.15) is 0 Å². The van der Waals surface area contributed by atoms with E-state index in [1.54, 1.807) is 14.2 Å². The summed E-state index contributed by atoms with van der Waals surface area (Å²) in [4.78, 5) is 35.1. The summed E-state index contributed by atoms with van der Waals surface area (Å²) in [5.74, 6) is 2.16. The molecule has 4 heterocycles. The highest BCUT2D eigenvalue weighted by Crippen LogP contribution is 2.39. The van der Waals surface area contributed by atoms with Gasteiger partial charge in [0.1, 0.15) is 10.7 Å². The number of carbonyl (C=O) groups excluding carboxylic acids is 1. The summed E-state index contributed by atoms with van der Waals surface area (Å²) in [6.45, 7) is 3.29. The third-order valence-electron chi connectivity index (χ3n) is 6.91. The van der Waals surface area contributed by atoms with Crippen LogP contribution in [0.25, 0.3) is 10.2 Å². The average Bonchev–Trinajstić information content (AvgIpc) is 3.36. The van der Waals surface area contributed by atoms with Crippen LogP contribution in [-0.4, -0.2) is 41.1 Å². The molecule has 1 fully saturated rings. The monoisotopic (exact) mass is 467 g/mol. The molecule has 0 unspecified atom stereocenters. The second-order valence-electron chi connectivity index (χ2n) is 8.80. The van der Waals surface area contributed by atoms with Crippen molar-refractivity contribution in [1.82, 2.24) is 14.5 Å². The number of amides is 1. The molecular formula is C25H29N3O4S. The highest BCUT2D eigenvalue weighted by molar-refractivity contribution is 7.20. The van der Waals surface area contributed by atoms with Crippen molar-refractivity contribution in [3.63, 3.8) is 0 Å². The number of aryl methyl sites for hydroxylation is 2. The number of carbonyl (C=O) groups is 1. The summed E-state index contributed by atoms with van der Waals surface area (Å²) in [7, 11) is 3.23. The number of methoxy groups -OCH3 is 2. The van der Waals surface area contributed by atoms with Crippen LogP contribution in [0.3, 0.4) is 0 Å². The van der Waals surface area contributed by atoms with Crippen LogP contribution in [0.4, 0.5) is 0 Å². The fourth-order valence-corrected chi connectivity index (χ4v) is 6.31. The van der Waals surface area contributed by atoms with E-state index in [-0.39, 0.29) is 17.5 Å². The molecule has 2 aromatic heterocycles. The van der Waals surface area contributed by atoms with Gasteiger partial charge in [0.05, 0.1) is 30.5 Å². The third-order valence-corrected chi connectivity index (χ3v) is 8.09. The van der Waals surface area contributed by atoms with Crippen LogP contribution in [0.5, 0.6) is 11.5 Å². The minimum absolute atomic E-state index is 0.00237. The Morgan fingerprint density at radius 3 is 2.70 bits per heavy atom. The van der Waals surface area contributed by atoms with E-state index in [4.69, 9.17) is 14.5 Å². The third kappa shape index (κ3) is 3.70. The molecule has 33 heavy (non-hydrogen) atoms. The van der Waals surface area contributed by atoms with Crippen LogP contribution in [0.2, 0.25) is 0 Å². The van der Waals surface area contributed by atoms with Crippen LogP contribution in [0.1, 0.15) is 64.8 Å². The van der Waals surface area contributed by atoms with Gasteiger partial charge in [-0.1, -0.05) is 12.5 Å². The van der Waals surface area contributed by atoms with Crippen molar-refractivity contribution < 1.29 is 14.3 Å². The molecule has 3 aromatic rings. The molecule has 1 amide bonds. The van der Waals surface area contributed by atoms with E-state index >= 15 is 0 Å². The number of hydrogen-bond donors (Lipinski definition) is 0. The molecule has 7 nitrogen and oxygen atoms in total. The van der Waals surface area contributed by atoms with Crippen molar-refractivity contribution in [3.05, 3.63) is 50.4 Å². The maximum absolute atomic E-state index is 13.7. The van der Waals surface area contributed by atoms with Crippen LogP contribution < -0.4 is 15.0 Å². The topological polar surface area (TPSA) is 73.7 Å². The zero-order chi connectivity index (χ0) is 23.1. The molecule has 1 aromatic carbocycles. The number of nitrogens with zero attached hydrogens (tertiary/aromatic N) is 3. The number of aromatic nitrogens is 2. The number of benzene rings is 1. The van der Waals surface area contributed by atoms with E-state index in [0.717, 1.165) is 55.5 Å². The van der Waals surface area contributed by atoms with E-state index in [0.29, 0.717) is 39.7 Å². The Morgan fingerprint density at radius 1 is 1.09 bits per heavy atom. The number of ether oxygens (including phenoxy) is 2. The normalized spacial score (nSPS) is 18.3. The molecule has 0 aliphatic carbocycles. The molecule has 8 heteroatoms. The first-order valence-corrected chi connectivity index (χ1v) is 12.4. The van der Waals surface area contributed by atoms with Gasteiger partial charge in [0.25, 0.3) is 11.5 Å². The van der Waals surface area contributed by atoms with Crippen molar-refractivity contribution in [2.75, 3.05) is 20.8 Å². The first kappa shape index (κ1) is 21.9. The van der Waals surface area contributed by atoms with Gasteiger partial charge < -0.3 is 14.4 Å². The largest absolute Gasteiger partial charge is 0.493 e. The van der Waals surface area contributed by atoms with E-state index in [9.17, 15) is 9.59 Å². The molecule has 174 valence electrons. The number of rotatable bonds is 4. The van der Waals surface area contributed by atoms with Crippen molar-refractivity contribution in [2.24, 2.45) is 0 Å². The lowest BCUT2D eigenvalue weighted by atomic mass is 10.0. The van der Waals surface area contributed by atoms with E-state index in [1.165, 1.54) is 11.3 Å². The highest BCUT2D eigenvalue weighted by atomic mass is 32.1. The summed E-state index contributed by atoms with van der Waals surface area (Å²) in [6.07, 6.45) is 5.81. The Balaban J connectivity index is 1.52. The van der Waals surface area contributed by atoms with Gasteiger partial charge in [-0.3, -0.25) is 14.2 Å². The smallest absolute Gasteiger partial charge is 0.264 e. The Morgan fingerprint density at radius 2 is 1.91 bits per heavy atom. The van der Waals surface area contributed by atoms with Crippen molar-refractivity contribution >= 4 is 27.5 Å². The van der Waals surface area contributed by atoms with Crippen molar-refractivity contribution in [3.8, 4) is 11.5 Å². The summed E-state index contributed by atoms with van der Waals surface area (Å²) >= 11 is 1.36. The zero-order valence-electron chi connectivity index (χ0n) is 19.3. The number of fused-ring (bicyclic) bond motifs is 2. The first-order chi connectivity index (χ1) is 16.0. The molecule has 0 N–H and O–H groups in total. The zero-order valence-corrected chi connectivity index (χ0v) is 20.2. The molecule has 0 bridgehead atoms. The SMILES string of the molecule is COc1ccc([C@@H]2CCCN2C(=O)c2sc3nc4n(c(=O)c3c2C)CCCCC4)cc1OC. The fraction of sp³-hybridized carbons (Fsp3) is 0.480. The van der Waals surface area contributed by atoms with Gasteiger partial charge in [0.2, 0.25) is 0 Å². The van der Waals surface area contributed by atoms with Crippen molar-refractivity contribution in [2.45, 2.75) is 58.0 Å². The van der Waals surface area contributed by atoms with Crippen LogP contribution in [0, 0.1) is 6.92 Å². The van der Waals surface area contributed by atoms with Gasteiger partial charge in [-0.25, -0.2) is 4.98 Å². The minimum Gasteiger partial charge on any atom is -0.493 e. The van der Waals surface area contributed by atoms with E-state index in [2.05, 4.69) is 0 Å². The summed E-state index contributed by atoms with van der Waals surface area (Å²) in [5, 5.41) is 0.607. The molecular weight excluding hydrogens is 438 g/mol. The molecule has 1 atom stereocenters. The molecule has 0 spiro atoms. The summed E-state index contributed by atoms with van der Waals surface area (Å²) in [6, 6.07) is 5.81. The molecule has 0 saturated carbocycles. The predicted molar refractivity (Wildman–Crippen MR) is 129 cm³/mol. The van der Waals surface area contributed by atoms with E-state index < -0.39 is 0 Å². The molecule has 2 aliphatic rings. The minimum atomic E-state index is -0.0345. The highest BCUT2D eigenvalue weighted by Gasteiger charge is 2.33. The standard InChI is InChI=1S/C25H29N3O4S/c1-15-21-23(26-20-9-5-4-6-12-28(20)24(21)29)33-22(15)25(30)27-13-7-8-17(27)16-10-11-18(31-2)19(14-16)32-3/h10-11,14,17H,4-9,12-13H2,1-3H3/t17-/m0/s1. The Labute approximate surface area is 197 Å². The second-order valence-corrected chi connectivity index (χ2v) is 9.80. The predicted octanol–water partition coefficient (Wildman–Crippen LogP) is 4.49. The first-order valence-electron chi connectivity index (χ1n) is 11.6. The molecule has 2 aliphatic heterocycles. The van der Waals surface area contributed by atoms with Gasteiger partial charge in [-0.05, 0) is 55.9 Å². The van der Waals surface area contributed by atoms with Crippen LogP contribution >= 0.6 is 11.3 Å². The lowest BCUT2D eigenvalue weighted by Gasteiger charge is -2.25. The number of likely N-dealkylation sites (tertiary alicyclic amines) is 1. The lowest BCUT2D eigenvalue weighted by molar-refractivity contribution is 0.0740. The van der Waals surface area contributed by atoms with Gasteiger partial charge in [0.15, 0.2) is 11.5 Å². The van der Waals surface area contributed by atoms with Crippen LogP contribution in [-0.2, 0) is 13.0 Å². The molecule has 0 radical (unpaired) electrons. The van der Waals surface area contributed by atoms with Gasteiger partial charge in [-0.15, -0.1) is 11.3 Å². The molecule has 5 rings (SSSR count). The maximum Gasteiger partial charge on any atom is 0.264 e. The lowest BCUT2D eigenvalue weighted by Crippen LogP contribution is -2.30. The second kappa shape index (κ2) is 8.82. The van der Waals surface area contributed by atoms with E-state index in [1.807, 2.05) is 34.6 Å². The van der Waals surface area contributed by atoms with Crippen molar-refractivity contribution in [1.29, 1.82) is 0 Å². The summed E-state index contributed by atoms with van der Waals surface area (Å²) in [5.41, 5.74) is 1.79. The Kier molecular flexibility index (Phi) is 5.86. The summed E-state index contributed by atoms with van der Waals surface area (Å²) < 4.78 is 12.7. The van der Waals surface area contributed by atoms with Crippen LogP contribution in [0.15, 0.2) is 23.0 Å². The number of hydrogen-bond acceptors (Lipinski definition) is 6. The fourth-order valence-electron chi connectivity index (χ4n) is 5.16. The maximum atomic E-state index is 13.7. The quantitative estimate of drug-likeness (QED) is 0.565. The Bertz CT molecular complexity index is 1280.